The van der Waals surface area contributed by atoms with Crippen LogP contribution in [0, 0.1) is 0 Å². The van der Waals surface area contributed by atoms with E-state index in [4.69, 9.17) is 4.74 Å². The lowest BCUT2D eigenvalue weighted by Crippen LogP contribution is -2.44. The lowest BCUT2D eigenvalue weighted by molar-refractivity contribution is -0.902. The van der Waals surface area contributed by atoms with Crippen molar-refractivity contribution in [3.05, 3.63) is 71.8 Å². The van der Waals surface area contributed by atoms with Gasteiger partial charge in [-0.15, -0.1) is 0 Å². The zero-order valence-corrected chi connectivity index (χ0v) is 15.2. The van der Waals surface area contributed by atoms with Crippen LogP contribution in [0.5, 0.6) is 0 Å². The van der Waals surface area contributed by atoms with Crippen LogP contribution in [0.2, 0.25) is 0 Å². The minimum atomic E-state index is -0.353. The van der Waals surface area contributed by atoms with Crippen molar-refractivity contribution < 1.29 is 14.0 Å². The third-order valence-corrected chi connectivity index (χ3v) is 5.46. The second kappa shape index (κ2) is 7.83. The maximum atomic E-state index is 12.9. The molecule has 0 aromatic heterocycles. The molecule has 3 rings (SSSR count). The summed E-state index contributed by atoms with van der Waals surface area (Å²) in [6.07, 6.45) is 3.43. The summed E-state index contributed by atoms with van der Waals surface area (Å²) in [6.45, 7) is 1.72. The highest BCUT2D eigenvalue weighted by molar-refractivity contribution is 5.82. The first-order valence-electron chi connectivity index (χ1n) is 9.17. The molecule has 0 spiro atoms. The number of likely N-dealkylation sites (tertiary alicyclic amines) is 1. The molecule has 0 amide bonds. The molecule has 0 radical (unpaired) electrons. The smallest absolute Gasteiger partial charge is 0.317 e. The molecule has 1 saturated heterocycles. The Labute approximate surface area is 150 Å². The number of hydrogen-bond donors (Lipinski definition) is 0. The molecule has 0 aliphatic carbocycles. The molecule has 1 heterocycles. The second-order valence-electron chi connectivity index (χ2n) is 7.51. The van der Waals surface area contributed by atoms with Crippen molar-refractivity contribution in [2.75, 3.05) is 27.2 Å². The minimum Gasteiger partial charge on any atom is -0.465 e. The van der Waals surface area contributed by atoms with Gasteiger partial charge in [-0.2, -0.15) is 0 Å². The van der Waals surface area contributed by atoms with Crippen molar-refractivity contribution in [1.82, 2.24) is 0 Å². The Morgan fingerprint density at radius 2 is 1.60 bits per heavy atom. The van der Waals surface area contributed by atoms with Crippen molar-refractivity contribution in [1.29, 1.82) is 0 Å². The van der Waals surface area contributed by atoms with Crippen LogP contribution < -0.4 is 0 Å². The van der Waals surface area contributed by atoms with Gasteiger partial charge >= 0.3 is 5.97 Å². The number of nitrogens with zero attached hydrogens (tertiary/aromatic N) is 1. The summed E-state index contributed by atoms with van der Waals surface area (Å²) in [4.78, 5) is 12.9. The van der Waals surface area contributed by atoms with E-state index in [1.54, 1.807) is 0 Å². The first-order chi connectivity index (χ1) is 12.1. The molecule has 3 heteroatoms. The van der Waals surface area contributed by atoms with Crippen molar-refractivity contribution in [3.8, 4) is 0 Å². The van der Waals surface area contributed by atoms with Crippen LogP contribution >= 0.6 is 0 Å². The molecule has 1 fully saturated rings. The number of carbonyl (C=O) groups excluding carboxylic acids is 1. The molecule has 1 aliphatic rings. The first-order valence-corrected chi connectivity index (χ1v) is 9.17. The molecule has 3 nitrogen and oxygen atoms in total. The lowest BCUT2D eigenvalue weighted by atomic mass is 9.91. The van der Waals surface area contributed by atoms with Crippen molar-refractivity contribution in [2.45, 2.75) is 31.2 Å². The van der Waals surface area contributed by atoms with Gasteiger partial charge in [-0.05, 0) is 11.1 Å². The normalized spacial score (nSPS) is 19.1. The van der Waals surface area contributed by atoms with Crippen molar-refractivity contribution in [2.24, 2.45) is 0 Å². The summed E-state index contributed by atoms with van der Waals surface area (Å²) < 4.78 is 6.76. The average molecular weight is 338 g/mol. The van der Waals surface area contributed by atoms with E-state index in [0.717, 1.165) is 22.0 Å². The molecule has 1 aliphatic heterocycles. The number of ether oxygens (including phenoxy) is 1. The Hall–Kier alpha value is -2.13. The van der Waals surface area contributed by atoms with Gasteiger partial charge in [-0.3, -0.25) is 4.79 Å². The van der Waals surface area contributed by atoms with E-state index in [2.05, 4.69) is 14.1 Å². The molecule has 2 aromatic rings. The van der Waals surface area contributed by atoms with Crippen LogP contribution in [0.1, 0.15) is 36.3 Å². The van der Waals surface area contributed by atoms with Crippen LogP contribution in [0.25, 0.3) is 0 Å². The van der Waals surface area contributed by atoms with Gasteiger partial charge in [-0.25, -0.2) is 0 Å². The van der Waals surface area contributed by atoms with Gasteiger partial charge in [0.25, 0.3) is 0 Å². The fourth-order valence-electron chi connectivity index (χ4n) is 3.89. The average Bonchev–Trinajstić information content (AvgIpc) is 2.95. The van der Waals surface area contributed by atoms with Gasteiger partial charge in [-0.1, -0.05) is 60.7 Å². The zero-order chi connectivity index (χ0) is 17.7. The third kappa shape index (κ3) is 4.29. The molecular weight excluding hydrogens is 310 g/mol. The maximum Gasteiger partial charge on any atom is 0.317 e. The van der Waals surface area contributed by atoms with E-state index >= 15 is 0 Å². The fourth-order valence-corrected chi connectivity index (χ4v) is 3.89. The number of esters is 1. The van der Waals surface area contributed by atoms with Crippen LogP contribution in [0.4, 0.5) is 0 Å². The van der Waals surface area contributed by atoms with E-state index in [1.165, 1.54) is 19.4 Å². The van der Waals surface area contributed by atoms with Crippen LogP contribution in [-0.2, 0) is 9.53 Å². The van der Waals surface area contributed by atoms with Gasteiger partial charge in [0, 0.05) is 19.3 Å². The SMILES string of the molecule is C[N+]1(C)CCCC1CCOC(=O)C(c1ccccc1)c1ccccc1. The van der Waals surface area contributed by atoms with E-state index in [1.807, 2.05) is 60.7 Å². The summed E-state index contributed by atoms with van der Waals surface area (Å²) in [5, 5.41) is 0. The van der Waals surface area contributed by atoms with Gasteiger partial charge in [0.05, 0.1) is 33.3 Å². The number of benzene rings is 2. The van der Waals surface area contributed by atoms with Gasteiger partial charge in [0.2, 0.25) is 0 Å². The molecule has 1 atom stereocenters. The van der Waals surface area contributed by atoms with E-state index in [-0.39, 0.29) is 11.9 Å². The molecule has 2 aromatic carbocycles. The van der Waals surface area contributed by atoms with E-state index in [0.29, 0.717) is 12.6 Å². The Bertz CT molecular complexity index is 642. The summed E-state index contributed by atoms with van der Waals surface area (Å²) in [5.41, 5.74) is 1.96. The Balaban J connectivity index is 1.68. The number of hydrogen-bond acceptors (Lipinski definition) is 2. The second-order valence-corrected chi connectivity index (χ2v) is 7.51. The molecule has 0 N–H and O–H groups in total. The number of rotatable bonds is 6. The summed E-state index contributed by atoms with van der Waals surface area (Å²) in [5.74, 6) is -0.505. The first kappa shape index (κ1) is 17.7. The quantitative estimate of drug-likeness (QED) is 0.588. The highest BCUT2D eigenvalue weighted by atomic mass is 16.5. The molecule has 0 saturated carbocycles. The zero-order valence-electron chi connectivity index (χ0n) is 15.2. The monoisotopic (exact) mass is 338 g/mol. The molecule has 1 unspecified atom stereocenters. The lowest BCUT2D eigenvalue weighted by Gasteiger charge is -2.31. The Morgan fingerprint density at radius 1 is 1.04 bits per heavy atom. The topological polar surface area (TPSA) is 26.3 Å². The number of carbonyl (C=O) groups is 1. The molecule has 132 valence electrons. The molecule has 0 bridgehead atoms. The van der Waals surface area contributed by atoms with Gasteiger partial charge in [0.15, 0.2) is 0 Å². The van der Waals surface area contributed by atoms with Crippen LogP contribution in [0.15, 0.2) is 60.7 Å². The van der Waals surface area contributed by atoms with Crippen LogP contribution in [-0.4, -0.2) is 43.7 Å². The summed E-state index contributed by atoms with van der Waals surface area (Å²) in [6, 6.07) is 20.4. The van der Waals surface area contributed by atoms with Gasteiger partial charge < -0.3 is 9.22 Å². The van der Waals surface area contributed by atoms with Gasteiger partial charge in [0.1, 0.15) is 5.92 Å². The standard InChI is InChI=1S/C22H28NO2/c1-23(2)16-9-14-20(23)15-17-25-22(24)21(18-10-5-3-6-11-18)19-12-7-4-8-13-19/h3-8,10-13,20-21H,9,14-17H2,1-2H3/q+1. The minimum absolute atomic E-state index is 0.152. The Kier molecular flexibility index (Phi) is 5.54. The fraction of sp³-hybridized carbons (Fsp3) is 0.409. The van der Waals surface area contributed by atoms with E-state index < -0.39 is 0 Å². The summed E-state index contributed by atoms with van der Waals surface area (Å²) in [7, 11) is 4.55. The van der Waals surface area contributed by atoms with Crippen LogP contribution in [0.3, 0.4) is 0 Å². The molecular formula is C22H28NO2+. The Morgan fingerprint density at radius 3 is 2.08 bits per heavy atom. The van der Waals surface area contributed by atoms with E-state index in [9.17, 15) is 4.79 Å². The maximum absolute atomic E-state index is 12.9. The highest BCUT2D eigenvalue weighted by Gasteiger charge is 2.34. The predicted octanol–water partition coefficient (Wildman–Crippen LogP) is 3.99. The molecule has 25 heavy (non-hydrogen) atoms. The van der Waals surface area contributed by atoms with Crippen molar-refractivity contribution in [3.63, 3.8) is 0 Å². The van der Waals surface area contributed by atoms with Crippen molar-refractivity contribution >= 4 is 5.97 Å². The third-order valence-electron chi connectivity index (χ3n) is 5.46. The highest BCUT2D eigenvalue weighted by Crippen LogP contribution is 2.27. The number of quaternary nitrogens is 1. The summed E-state index contributed by atoms with van der Waals surface area (Å²) >= 11 is 0. The largest absolute Gasteiger partial charge is 0.465 e. The predicted molar refractivity (Wildman–Crippen MR) is 100 cm³/mol.